The molecule has 3 heteroatoms. The Morgan fingerprint density at radius 3 is 3.23 bits per heavy atom. The maximum Gasteiger partial charge on any atom is 0.0460 e. The van der Waals surface area contributed by atoms with Gasteiger partial charge in [-0.05, 0) is 36.8 Å². The Bertz CT molecular complexity index is 247. The third-order valence-corrected chi connectivity index (χ3v) is 3.64. The average molecular weight is 197 g/mol. The zero-order valence-electron chi connectivity index (χ0n) is 7.57. The van der Waals surface area contributed by atoms with E-state index in [-0.39, 0.29) is 0 Å². The van der Waals surface area contributed by atoms with Gasteiger partial charge in [-0.3, -0.25) is 0 Å². The Balaban J connectivity index is 2.00. The van der Waals surface area contributed by atoms with Gasteiger partial charge in [-0.2, -0.15) is 0 Å². The van der Waals surface area contributed by atoms with E-state index in [4.69, 9.17) is 5.11 Å². The van der Waals surface area contributed by atoms with Crippen molar-refractivity contribution in [1.29, 1.82) is 0 Å². The zero-order valence-corrected chi connectivity index (χ0v) is 8.39. The van der Waals surface area contributed by atoms with Crippen molar-refractivity contribution in [3.05, 3.63) is 22.4 Å². The van der Waals surface area contributed by atoms with E-state index in [1.165, 1.54) is 4.88 Å². The Kier molecular flexibility index (Phi) is 2.98. The molecular formula is C10H15NOS. The fourth-order valence-corrected chi connectivity index (χ4v) is 2.68. The van der Waals surface area contributed by atoms with E-state index in [0.717, 1.165) is 19.4 Å². The summed E-state index contributed by atoms with van der Waals surface area (Å²) in [5.41, 5.74) is 0. The number of hydrogen-bond acceptors (Lipinski definition) is 3. The number of nitrogens with one attached hydrogen (secondary N) is 1. The van der Waals surface area contributed by atoms with Crippen molar-refractivity contribution in [1.82, 2.24) is 5.32 Å². The normalized spacial score (nSPS) is 29.0. The minimum atomic E-state index is 0.337. The second-order valence-corrected chi connectivity index (χ2v) is 4.57. The van der Waals surface area contributed by atoms with Crippen molar-refractivity contribution < 1.29 is 5.11 Å². The van der Waals surface area contributed by atoms with Gasteiger partial charge in [-0.25, -0.2) is 0 Å². The highest BCUT2D eigenvalue weighted by Gasteiger charge is 2.22. The first-order valence-electron chi connectivity index (χ1n) is 4.78. The Hall–Kier alpha value is -0.380. The summed E-state index contributed by atoms with van der Waals surface area (Å²) in [6.07, 6.45) is 2.19. The molecule has 0 aromatic carbocycles. The summed E-state index contributed by atoms with van der Waals surface area (Å²) in [6, 6.07) is 4.73. The summed E-state index contributed by atoms with van der Waals surface area (Å²) >= 11 is 1.80. The lowest BCUT2D eigenvalue weighted by Gasteiger charge is -2.28. The molecule has 0 spiro atoms. The monoisotopic (exact) mass is 197 g/mol. The van der Waals surface area contributed by atoms with Crippen LogP contribution in [0.15, 0.2) is 17.5 Å². The predicted molar refractivity (Wildman–Crippen MR) is 54.9 cm³/mol. The molecule has 0 amide bonds. The third kappa shape index (κ3) is 2.10. The van der Waals surface area contributed by atoms with Gasteiger partial charge in [-0.15, -0.1) is 11.3 Å². The summed E-state index contributed by atoms with van der Waals surface area (Å²) in [7, 11) is 0. The number of aliphatic hydroxyl groups is 1. The van der Waals surface area contributed by atoms with E-state index in [1.54, 1.807) is 11.3 Å². The fourth-order valence-electron chi connectivity index (χ4n) is 1.87. The summed E-state index contributed by atoms with van der Waals surface area (Å²) < 4.78 is 0. The molecule has 2 rings (SSSR count). The fraction of sp³-hybridized carbons (Fsp3) is 0.600. The predicted octanol–water partition coefficient (Wildman–Crippen LogP) is 1.78. The summed E-state index contributed by atoms with van der Waals surface area (Å²) in [5.74, 6) is 0.494. The first kappa shape index (κ1) is 9.19. The van der Waals surface area contributed by atoms with Crippen LogP contribution < -0.4 is 5.32 Å². The van der Waals surface area contributed by atoms with Crippen LogP contribution in [0.4, 0.5) is 0 Å². The topological polar surface area (TPSA) is 32.3 Å². The molecule has 72 valence electrons. The van der Waals surface area contributed by atoms with Gasteiger partial charge in [0.05, 0.1) is 0 Å². The Labute approximate surface area is 82.6 Å². The van der Waals surface area contributed by atoms with Gasteiger partial charge in [0.1, 0.15) is 0 Å². The molecule has 1 aliphatic heterocycles. The zero-order chi connectivity index (χ0) is 9.10. The van der Waals surface area contributed by atoms with Crippen LogP contribution in [-0.2, 0) is 0 Å². The van der Waals surface area contributed by atoms with Crippen molar-refractivity contribution >= 4 is 11.3 Å². The van der Waals surface area contributed by atoms with Gasteiger partial charge >= 0.3 is 0 Å². The number of thiophene rings is 1. The van der Waals surface area contributed by atoms with E-state index in [2.05, 4.69) is 22.8 Å². The van der Waals surface area contributed by atoms with Gasteiger partial charge in [0.2, 0.25) is 0 Å². The molecule has 0 aliphatic carbocycles. The molecule has 0 radical (unpaired) electrons. The Morgan fingerprint density at radius 2 is 2.54 bits per heavy atom. The number of piperidine rings is 1. The average Bonchev–Trinajstić information content (AvgIpc) is 2.71. The highest BCUT2D eigenvalue weighted by molar-refractivity contribution is 7.10. The van der Waals surface area contributed by atoms with Crippen LogP contribution in [-0.4, -0.2) is 18.3 Å². The highest BCUT2D eigenvalue weighted by atomic mass is 32.1. The van der Waals surface area contributed by atoms with Gasteiger partial charge < -0.3 is 10.4 Å². The Morgan fingerprint density at radius 1 is 1.62 bits per heavy atom. The molecule has 1 aromatic heterocycles. The maximum absolute atomic E-state index is 9.08. The molecule has 2 atom stereocenters. The second-order valence-electron chi connectivity index (χ2n) is 3.60. The van der Waals surface area contributed by atoms with Gasteiger partial charge in [-0.1, -0.05) is 6.07 Å². The van der Waals surface area contributed by atoms with Crippen molar-refractivity contribution in [2.45, 2.75) is 18.9 Å². The minimum Gasteiger partial charge on any atom is -0.396 e. The SMILES string of the molecule is OCC1CCNC(c2cccs2)C1. The molecule has 0 bridgehead atoms. The highest BCUT2D eigenvalue weighted by Crippen LogP contribution is 2.29. The van der Waals surface area contributed by atoms with Crippen LogP contribution in [0.5, 0.6) is 0 Å². The van der Waals surface area contributed by atoms with E-state index >= 15 is 0 Å². The number of hydrogen-bond donors (Lipinski definition) is 2. The summed E-state index contributed by atoms with van der Waals surface area (Å²) in [5, 5.41) is 14.7. The molecule has 0 saturated carbocycles. The van der Waals surface area contributed by atoms with E-state index in [0.29, 0.717) is 18.6 Å². The lowest BCUT2D eigenvalue weighted by molar-refractivity contribution is 0.177. The quantitative estimate of drug-likeness (QED) is 0.757. The summed E-state index contributed by atoms with van der Waals surface area (Å²) in [4.78, 5) is 1.40. The molecule has 2 N–H and O–H groups in total. The van der Waals surface area contributed by atoms with Crippen LogP contribution in [0.3, 0.4) is 0 Å². The van der Waals surface area contributed by atoms with Crippen LogP contribution in [0.25, 0.3) is 0 Å². The van der Waals surface area contributed by atoms with Crippen molar-refractivity contribution in [3.63, 3.8) is 0 Å². The van der Waals surface area contributed by atoms with Crippen LogP contribution in [0, 0.1) is 5.92 Å². The first-order chi connectivity index (χ1) is 6.40. The van der Waals surface area contributed by atoms with Crippen molar-refractivity contribution in [2.75, 3.05) is 13.2 Å². The smallest absolute Gasteiger partial charge is 0.0460 e. The molecule has 1 aromatic rings. The lowest BCUT2D eigenvalue weighted by atomic mass is 9.92. The molecule has 2 unspecified atom stereocenters. The maximum atomic E-state index is 9.08. The molecular weight excluding hydrogens is 182 g/mol. The minimum absolute atomic E-state index is 0.337. The van der Waals surface area contributed by atoms with Crippen molar-refractivity contribution in [3.8, 4) is 0 Å². The number of aliphatic hydroxyl groups excluding tert-OH is 1. The molecule has 2 nitrogen and oxygen atoms in total. The van der Waals surface area contributed by atoms with Crippen LogP contribution in [0.1, 0.15) is 23.8 Å². The molecule has 1 saturated heterocycles. The summed E-state index contributed by atoms with van der Waals surface area (Å²) in [6.45, 7) is 1.37. The molecule has 2 heterocycles. The van der Waals surface area contributed by atoms with Crippen LogP contribution in [0.2, 0.25) is 0 Å². The lowest BCUT2D eigenvalue weighted by Crippen LogP contribution is -2.32. The van der Waals surface area contributed by atoms with Crippen LogP contribution >= 0.6 is 11.3 Å². The van der Waals surface area contributed by atoms with Gasteiger partial charge in [0, 0.05) is 17.5 Å². The second kappa shape index (κ2) is 4.22. The first-order valence-corrected chi connectivity index (χ1v) is 5.65. The molecule has 1 fully saturated rings. The van der Waals surface area contributed by atoms with E-state index < -0.39 is 0 Å². The molecule has 13 heavy (non-hydrogen) atoms. The van der Waals surface area contributed by atoms with Crippen molar-refractivity contribution in [2.24, 2.45) is 5.92 Å². The standard InChI is InChI=1S/C10H15NOS/c12-7-8-3-4-11-9(6-8)10-2-1-5-13-10/h1-2,5,8-9,11-12H,3-4,6-7H2. The van der Waals surface area contributed by atoms with E-state index in [9.17, 15) is 0 Å². The van der Waals surface area contributed by atoms with Gasteiger partial charge in [0.15, 0.2) is 0 Å². The number of rotatable bonds is 2. The third-order valence-electron chi connectivity index (χ3n) is 2.66. The molecule has 1 aliphatic rings. The largest absolute Gasteiger partial charge is 0.396 e. The van der Waals surface area contributed by atoms with Gasteiger partial charge in [0.25, 0.3) is 0 Å². The van der Waals surface area contributed by atoms with E-state index in [1.807, 2.05) is 0 Å².